The fourth-order valence-electron chi connectivity index (χ4n) is 3.65. The van der Waals surface area contributed by atoms with Crippen LogP contribution in [0.1, 0.15) is 18.1 Å². The highest BCUT2D eigenvalue weighted by Crippen LogP contribution is 2.19. The Morgan fingerprint density at radius 2 is 1.90 bits per heavy atom. The molecule has 8 heteroatoms. The summed E-state index contributed by atoms with van der Waals surface area (Å²) in [4.78, 5) is 20.2. The van der Waals surface area contributed by atoms with Crippen molar-refractivity contribution in [3.63, 3.8) is 0 Å². The van der Waals surface area contributed by atoms with Crippen LogP contribution in [-0.2, 0) is 17.9 Å². The Kier molecular flexibility index (Phi) is 6.04. The van der Waals surface area contributed by atoms with Crippen LogP contribution < -0.4 is 10.2 Å². The zero-order chi connectivity index (χ0) is 20.9. The van der Waals surface area contributed by atoms with Crippen LogP contribution in [0.4, 0.5) is 10.2 Å². The van der Waals surface area contributed by atoms with E-state index in [0.717, 1.165) is 30.0 Å². The molecule has 1 saturated heterocycles. The summed E-state index contributed by atoms with van der Waals surface area (Å²) in [6, 6.07) is 10.6. The lowest BCUT2D eigenvalue weighted by Crippen LogP contribution is -2.48. The number of benzene rings is 1. The summed E-state index contributed by atoms with van der Waals surface area (Å²) < 4.78 is 15.5. The topological polar surface area (TPSA) is 66.3 Å². The van der Waals surface area contributed by atoms with Gasteiger partial charge in [-0.2, -0.15) is 5.10 Å². The second-order valence-corrected chi connectivity index (χ2v) is 7.33. The zero-order valence-corrected chi connectivity index (χ0v) is 17.0. The molecule has 2 aromatic heterocycles. The molecule has 0 bridgehead atoms. The first kappa shape index (κ1) is 20.0. The number of halogens is 1. The van der Waals surface area contributed by atoms with Crippen LogP contribution in [-0.4, -0.2) is 51.8 Å². The third-order valence-electron chi connectivity index (χ3n) is 5.27. The van der Waals surface area contributed by atoms with Crippen molar-refractivity contribution in [3.05, 3.63) is 71.9 Å². The second-order valence-electron chi connectivity index (χ2n) is 7.33. The highest BCUT2D eigenvalue weighted by Gasteiger charge is 2.21. The van der Waals surface area contributed by atoms with Crippen LogP contribution in [0, 0.1) is 5.82 Å². The number of hydrogen-bond acceptors (Lipinski definition) is 5. The average molecular weight is 408 g/mol. The number of carbonyl (C=O) groups excluding carboxylic acids is 1. The van der Waals surface area contributed by atoms with Crippen molar-refractivity contribution >= 4 is 11.7 Å². The number of para-hydroxylation sites is 1. The Morgan fingerprint density at radius 3 is 2.67 bits per heavy atom. The first-order chi connectivity index (χ1) is 14.6. The molecule has 0 aliphatic carbocycles. The number of pyridine rings is 1. The Morgan fingerprint density at radius 1 is 1.10 bits per heavy atom. The minimum Gasteiger partial charge on any atom is -0.353 e. The highest BCUT2D eigenvalue weighted by molar-refractivity contribution is 5.73. The number of nitrogens with zero attached hydrogens (tertiary/aromatic N) is 5. The second kappa shape index (κ2) is 9.04. The molecule has 1 aliphatic rings. The van der Waals surface area contributed by atoms with E-state index in [2.05, 4.69) is 26.4 Å². The minimum absolute atomic E-state index is 0.119. The molecule has 1 N–H and O–H groups in total. The number of rotatable bonds is 6. The van der Waals surface area contributed by atoms with Crippen molar-refractivity contribution in [2.75, 3.05) is 31.1 Å². The molecule has 3 heterocycles. The van der Waals surface area contributed by atoms with Gasteiger partial charge in [0.25, 0.3) is 0 Å². The molecular weight excluding hydrogens is 383 g/mol. The van der Waals surface area contributed by atoms with E-state index in [9.17, 15) is 9.18 Å². The van der Waals surface area contributed by atoms with Gasteiger partial charge >= 0.3 is 0 Å². The summed E-state index contributed by atoms with van der Waals surface area (Å²) in [7, 11) is 0. The summed E-state index contributed by atoms with van der Waals surface area (Å²) in [6.07, 6.45) is 5.37. The molecule has 0 radical (unpaired) electrons. The molecule has 0 atom stereocenters. The average Bonchev–Trinajstić information content (AvgIpc) is 3.23. The fraction of sp³-hybridized carbons (Fsp3) is 0.318. The number of amides is 1. The summed E-state index contributed by atoms with van der Waals surface area (Å²) in [5.41, 5.74) is 2.51. The van der Waals surface area contributed by atoms with Gasteiger partial charge in [0, 0.05) is 69.7 Å². The lowest BCUT2D eigenvalue weighted by molar-refractivity contribution is -0.129. The van der Waals surface area contributed by atoms with Gasteiger partial charge in [-0.05, 0) is 18.2 Å². The maximum absolute atomic E-state index is 13.9. The van der Waals surface area contributed by atoms with E-state index in [1.165, 1.54) is 6.07 Å². The van der Waals surface area contributed by atoms with Gasteiger partial charge in [-0.25, -0.2) is 14.1 Å². The van der Waals surface area contributed by atoms with E-state index < -0.39 is 0 Å². The predicted octanol–water partition coefficient (Wildman–Crippen LogP) is 2.36. The Balaban J connectivity index is 1.36. The molecule has 7 nitrogen and oxygen atoms in total. The maximum Gasteiger partial charge on any atom is 0.219 e. The Bertz CT molecular complexity index is 1010. The number of nitrogens with one attached hydrogen (secondary N) is 1. The molecular formula is C22H25FN6O. The molecule has 156 valence electrons. The normalized spacial score (nSPS) is 14.2. The standard InChI is InChI=1S/C22H25FN6O/c1-17(30)27-9-11-28(12-10-27)22-19(5-4-8-25-22)15-24-13-18-14-26-29(16-18)21-7-3-2-6-20(21)23/h2-8,14,16,24H,9-13,15H2,1H3. The summed E-state index contributed by atoms with van der Waals surface area (Å²) >= 11 is 0. The van der Waals surface area contributed by atoms with E-state index in [-0.39, 0.29) is 11.7 Å². The maximum atomic E-state index is 13.9. The number of hydrogen-bond donors (Lipinski definition) is 1. The largest absolute Gasteiger partial charge is 0.353 e. The lowest BCUT2D eigenvalue weighted by atomic mass is 10.2. The molecule has 0 unspecified atom stereocenters. The molecule has 1 aliphatic heterocycles. The van der Waals surface area contributed by atoms with Crippen LogP contribution in [0.3, 0.4) is 0 Å². The third-order valence-corrected chi connectivity index (χ3v) is 5.27. The van der Waals surface area contributed by atoms with E-state index >= 15 is 0 Å². The predicted molar refractivity (Wildman–Crippen MR) is 113 cm³/mol. The van der Waals surface area contributed by atoms with Gasteiger partial charge < -0.3 is 15.1 Å². The van der Waals surface area contributed by atoms with Gasteiger partial charge in [0.05, 0.1) is 6.20 Å². The van der Waals surface area contributed by atoms with Gasteiger partial charge in [-0.3, -0.25) is 4.79 Å². The quantitative estimate of drug-likeness (QED) is 0.678. The minimum atomic E-state index is -0.301. The first-order valence-corrected chi connectivity index (χ1v) is 10.1. The highest BCUT2D eigenvalue weighted by atomic mass is 19.1. The van der Waals surface area contributed by atoms with Crippen molar-refractivity contribution in [1.82, 2.24) is 25.0 Å². The smallest absolute Gasteiger partial charge is 0.219 e. The van der Waals surface area contributed by atoms with Crippen molar-refractivity contribution in [2.24, 2.45) is 0 Å². The van der Waals surface area contributed by atoms with Crippen molar-refractivity contribution in [2.45, 2.75) is 20.0 Å². The monoisotopic (exact) mass is 408 g/mol. The number of anilines is 1. The van der Waals surface area contributed by atoms with Crippen LogP contribution in [0.5, 0.6) is 0 Å². The van der Waals surface area contributed by atoms with Gasteiger partial charge in [0.2, 0.25) is 5.91 Å². The van der Waals surface area contributed by atoms with Gasteiger partial charge in [0.1, 0.15) is 17.3 Å². The Labute approximate surface area is 175 Å². The van der Waals surface area contributed by atoms with Gasteiger partial charge in [0.15, 0.2) is 0 Å². The van der Waals surface area contributed by atoms with Crippen LogP contribution in [0.15, 0.2) is 55.0 Å². The van der Waals surface area contributed by atoms with E-state index in [1.807, 2.05) is 17.2 Å². The van der Waals surface area contributed by atoms with Crippen LogP contribution in [0.2, 0.25) is 0 Å². The van der Waals surface area contributed by atoms with Crippen LogP contribution >= 0.6 is 0 Å². The molecule has 4 rings (SSSR count). The third kappa shape index (κ3) is 4.49. The lowest BCUT2D eigenvalue weighted by Gasteiger charge is -2.35. The van der Waals surface area contributed by atoms with Crippen LogP contribution in [0.25, 0.3) is 5.69 Å². The molecule has 3 aromatic rings. The number of carbonyl (C=O) groups is 1. The first-order valence-electron chi connectivity index (χ1n) is 10.1. The van der Waals surface area contributed by atoms with Gasteiger partial charge in [-0.15, -0.1) is 0 Å². The molecule has 0 spiro atoms. The molecule has 1 fully saturated rings. The van der Waals surface area contributed by atoms with Gasteiger partial charge in [-0.1, -0.05) is 18.2 Å². The summed E-state index contributed by atoms with van der Waals surface area (Å²) in [5.74, 6) is 0.772. The molecule has 30 heavy (non-hydrogen) atoms. The summed E-state index contributed by atoms with van der Waals surface area (Å²) in [6.45, 7) is 5.86. The fourth-order valence-corrected chi connectivity index (χ4v) is 3.65. The van der Waals surface area contributed by atoms with Crippen molar-refractivity contribution in [1.29, 1.82) is 0 Å². The van der Waals surface area contributed by atoms with Crippen molar-refractivity contribution < 1.29 is 9.18 Å². The van der Waals surface area contributed by atoms with E-state index in [4.69, 9.17) is 0 Å². The SMILES string of the molecule is CC(=O)N1CCN(c2ncccc2CNCc2cnn(-c3ccccc3F)c2)CC1. The molecule has 1 amide bonds. The van der Waals surface area contributed by atoms with Crippen molar-refractivity contribution in [3.8, 4) is 5.69 Å². The molecule has 1 aromatic carbocycles. The zero-order valence-electron chi connectivity index (χ0n) is 17.0. The number of aromatic nitrogens is 3. The van der Waals surface area contributed by atoms with E-state index in [1.54, 1.807) is 42.2 Å². The molecule has 0 saturated carbocycles. The van der Waals surface area contributed by atoms with E-state index in [0.29, 0.717) is 31.9 Å². The Hall–Kier alpha value is -3.26. The number of piperazine rings is 1. The summed E-state index contributed by atoms with van der Waals surface area (Å²) in [5, 5.41) is 7.69.